The van der Waals surface area contributed by atoms with Crippen molar-refractivity contribution in [2.45, 2.75) is 57.4 Å². The van der Waals surface area contributed by atoms with Crippen LogP contribution < -0.4 is 16.1 Å². The molecule has 5 N–H and O–H groups in total. The molecule has 242 valence electrons. The lowest BCUT2D eigenvalue weighted by Crippen LogP contribution is -2.65. The number of halogens is 1. The molecule has 1 saturated heterocycles. The lowest BCUT2D eigenvalue weighted by Gasteiger charge is -2.47. The molecule has 0 unspecified atom stereocenters. The number of Topliss-reactive ketones (excluding diaryl/α,β-unsaturated/α-hetero) is 1. The predicted octanol–water partition coefficient (Wildman–Crippen LogP) is 4.10. The number of hydrogen-bond acceptors (Lipinski definition) is 11. The van der Waals surface area contributed by atoms with E-state index in [1.165, 1.54) is 61.7 Å². The van der Waals surface area contributed by atoms with Crippen LogP contribution in [0.1, 0.15) is 35.3 Å². The number of ketones is 1. The van der Waals surface area contributed by atoms with Crippen LogP contribution in [0, 0.1) is 12.7 Å². The molecule has 3 aromatic carbocycles. The smallest absolute Gasteiger partial charge is 0.404 e. The number of aryl methyl sites for hydroxylation is 1. The van der Waals surface area contributed by atoms with Gasteiger partial charge in [0.15, 0.2) is 18.0 Å². The van der Waals surface area contributed by atoms with E-state index in [0.717, 1.165) is 0 Å². The number of ether oxygens (including phenoxy) is 4. The number of phenols is 1. The number of aliphatic hydroxyl groups excluding tert-OH is 1. The van der Waals surface area contributed by atoms with E-state index >= 15 is 0 Å². The zero-order valence-corrected chi connectivity index (χ0v) is 25.3. The average molecular weight is 638 g/mol. The number of rotatable bonds is 8. The van der Waals surface area contributed by atoms with Gasteiger partial charge in [-0.2, -0.15) is 0 Å². The molecule has 46 heavy (non-hydrogen) atoms. The van der Waals surface area contributed by atoms with Gasteiger partial charge in [0.2, 0.25) is 6.29 Å². The molecule has 0 bridgehead atoms. The number of amides is 1. The first kappa shape index (κ1) is 32.4. The Labute approximate surface area is 261 Å². The van der Waals surface area contributed by atoms with E-state index in [4.69, 9.17) is 29.1 Å². The Kier molecular flexibility index (Phi) is 8.76. The Balaban J connectivity index is 1.43. The monoisotopic (exact) mass is 637 g/mol. The van der Waals surface area contributed by atoms with Gasteiger partial charge in [-0.3, -0.25) is 4.79 Å². The zero-order chi connectivity index (χ0) is 33.5. The minimum Gasteiger partial charge on any atom is -0.507 e. The van der Waals surface area contributed by atoms with Crippen LogP contribution in [0.3, 0.4) is 0 Å². The van der Waals surface area contributed by atoms with Crippen molar-refractivity contribution in [2.75, 3.05) is 7.11 Å². The highest BCUT2D eigenvalue weighted by molar-refractivity contribution is 6.00. The van der Waals surface area contributed by atoms with Crippen molar-refractivity contribution >= 4 is 22.8 Å². The second kappa shape index (κ2) is 12.4. The van der Waals surface area contributed by atoms with Gasteiger partial charge < -0.3 is 44.4 Å². The number of carbonyl (C=O) groups is 2. The molecule has 5 rings (SSSR count). The van der Waals surface area contributed by atoms with Gasteiger partial charge in [0.05, 0.1) is 16.6 Å². The summed E-state index contributed by atoms with van der Waals surface area (Å²) in [5.41, 5.74) is 3.96. The summed E-state index contributed by atoms with van der Waals surface area (Å²) in [6, 6.07) is 12.3. The lowest BCUT2D eigenvalue weighted by atomic mass is 9.89. The van der Waals surface area contributed by atoms with Crippen molar-refractivity contribution in [1.82, 2.24) is 0 Å². The second-order valence-corrected chi connectivity index (χ2v) is 11.4. The predicted molar refractivity (Wildman–Crippen MR) is 161 cm³/mol. The summed E-state index contributed by atoms with van der Waals surface area (Å²) in [6.45, 7) is 4.85. The first-order valence-corrected chi connectivity index (χ1v) is 14.1. The molecule has 1 aromatic heterocycles. The molecule has 0 saturated carbocycles. The van der Waals surface area contributed by atoms with Gasteiger partial charge in [0, 0.05) is 30.2 Å². The molecule has 1 aliphatic heterocycles. The molecule has 1 amide bonds. The van der Waals surface area contributed by atoms with E-state index in [9.17, 15) is 34.1 Å². The average Bonchev–Trinajstić information content (AvgIpc) is 2.99. The summed E-state index contributed by atoms with van der Waals surface area (Å²) in [6.07, 6.45) is -6.68. The number of hydrogen-bond donors (Lipinski definition) is 4. The number of methoxy groups -OCH3 is 1. The van der Waals surface area contributed by atoms with Crippen LogP contribution in [-0.2, 0) is 20.6 Å². The molecule has 0 spiro atoms. The lowest BCUT2D eigenvalue weighted by molar-refractivity contribution is -0.304. The minimum absolute atomic E-state index is 0.0382. The third kappa shape index (κ3) is 6.12. The SMILES string of the molecule is CO[C@@H]1[C@@H](OC(N)=O)[C@@H](O)[C@H](Oc2ccc3c(O)c(CC(=O)c4ccc(O)c(-c5ccc(F)cc5)c4)c(=O)oc3c2C)OC1(C)C. The Morgan fingerprint density at radius 1 is 1.07 bits per heavy atom. The van der Waals surface area contributed by atoms with Crippen LogP contribution in [0.25, 0.3) is 22.1 Å². The molecule has 1 aliphatic rings. The maximum atomic E-state index is 13.4. The highest BCUT2D eigenvalue weighted by atomic mass is 19.1. The van der Waals surface area contributed by atoms with Gasteiger partial charge in [0.25, 0.3) is 0 Å². The molecule has 2 heterocycles. The standard InChI is InChI=1S/C33H32FNO11/c1-15-24(43-31-26(39)28(45-32(35)41)29(42-4)33(2,3)46-31)12-10-19-25(38)21(30(40)44-27(15)19)14-23(37)17-7-11-22(36)20(13-17)16-5-8-18(34)9-6-16/h5-13,26,28-29,31,36,38-39H,14H2,1-4H3,(H2,35,41)/t26-,28+,29-,31-/m1/s1. The van der Waals surface area contributed by atoms with E-state index < -0.39 is 65.7 Å². The van der Waals surface area contributed by atoms with E-state index in [-0.39, 0.29) is 44.7 Å². The maximum absolute atomic E-state index is 13.4. The second-order valence-electron chi connectivity index (χ2n) is 11.4. The summed E-state index contributed by atoms with van der Waals surface area (Å²) >= 11 is 0. The van der Waals surface area contributed by atoms with E-state index in [1.54, 1.807) is 20.8 Å². The summed E-state index contributed by atoms with van der Waals surface area (Å²) in [4.78, 5) is 37.8. The van der Waals surface area contributed by atoms with E-state index in [0.29, 0.717) is 5.56 Å². The zero-order valence-electron chi connectivity index (χ0n) is 25.3. The van der Waals surface area contributed by atoms with Crippen LogP contribution in [0.2, 0.25) is 0 Å². The summed E-state index contributed by atoms with van der Waals surface area (Å²) < 4.78 is 41.3. The van der Waals surface area contributed by atoms with Crippen LogP contribution >= 0.6 is 0 Å². The summed E-state index contributed by atoms with van der Waals surface area (Å²) in [5.74, 6) is -1.50. The number of nitrogens with two attached hydrogens (primary N) is 1. The molecule has 0 aliphatic carbocycles. The van der Waals surface area contributed by atoms with Crippen molar-refractivity contribution in [1.29, 1.82) is 0 Å². The van der Waals surface area contributed by atoms with Crippen molar-refractivity contribution < 1.29 is 52.7 Å². The van der Waals surface area contributed by atoms with Crippen LogP contribution in [0.15, 0.2) is 63.8 Å². The normalized spacial score (nSPS) is 20.7. The van der Waals surface area contributed by atoms with E-state index in [2.05, 4.69) is 0 Å². The number of aromatic hydroxyl groups is 2. The highest BCUT2D eigenvalue weighted by Gasteiger charge is 2.53. The van der Waals surface area contributed by atoms with Gasteiger partial charge in [-0.05, 0) is 68.8 Å². The number of aliphatic hydroxyl groups is 1. The Hall–Kier alpha value is -4.98. The molecule has 13 heteroatoms. The Bertz CT molecular complexity index is 1870. The van der Waals surface area contributed by atoms with Crippen LogP contribution in [0.4, 0.5) is 9.18 Å². The largest absolute Gasteiger partial charge is 0.507 e. The first-order chi connectivity index (χ1) is 21.7. The molecule has 4 atom stereocenters. The third-order valence-electron chi connectivity index (χ3n) is 7.92. The quantitative estimate of drug-likeness (QED) is 0.161. The van der Waals surface area contributed by atoms with Gasteiger partial charge in [-0.1, -0.05) is 12.1 Å². The molecular weight excluding hydrogens is 605 g/mol. The number of benzene rings is 3. The van der Waals surface area contributed by atoms with Crippen molar-refractivity contribution in [3.05, 3.63) is 87.5 Å². The van der Waals surface area contributed by atoms with Gasteiger partial charge >= 0.3 is 11.7 Å². The number of phenolic OH excluding ortho intramolecular Hbond substituents is 1. The van der Waals surface area contributed by atoms with Crippen molar-refractivity contribution in [2.24, 2.45) is 5.73 Å². The Morgan fingerprint density at radius 2 is 1.76 bits per heavy atom. The maximum Gasteiger partial charge on any atom is 0.404 e. The van der Waals surface area contributed by atoms with Crippen molar-refractivity contribution in [3.8, 4) is 28.4 Å². The molecule has 4 aromatic rings. The fraction of sp³-hybridized carbons (Fsp3) is 0.303. The molecular formula is C33H32FNO11. The topological polar surface area (TPSA) is 188 Å². The van der Waals surface area contributed by atoms with E-state index in [1.807, 2.05) is 0 Å². The molecule has 0 radical (unpaired) electrons. The fourth-order valence-electron chi connectivity index (χ4n) is 5.59. The van der Waals surface area contributed by atoms with Crippen LogP contribution in [-0.4, -0.2) is 64.5 Å². The number of fused-ring (bicyclic) bond motifs is 1. The highest BCUT2D eigenvalue weighted by Crippen LogP contribution is 2.38. The van der Waals surface area contributed by atoms with Gasteiger partial charge in [-0.25, -0.2) is 14.0 Å². The minimum atomic E-state index is -1.53. The molecule has 1 fully saturated rings. The number of carbonyl (C=O) groups excluding carboxylic acids is 2. The van der Waals surface area contributed by atoms with Crippen LogP contribution in [0.5, 0.6) is 17.2 Å². The first-order valence-electron chi connectivity index (χ1n) is 14.1. The fourth-order valence-corrected chi connectivity index (χ4v) is 5.59. The molecule has 12 nitrogen and oxygen atoms in total. The van der Waals surface area contributed by atoms with Gasteiger partial charge in [0.1, 0.15) is 34.8 Å². The summed E-state index contributed by atoms with van der Waals surface area (Å²) in [7, 11) is 1.36. The van der Waals surface area contributed by atoms with Gasteiger partial charge in [-0.15, -0.1) is 0 Å². The van der Waals surface area contributed by atoms with Crippen molar-refractivity contribution in [3.63, 3.8) is 0 Å². The summed E-state index contributed by atoms with van der Waals surface area (Å²) in [5, 5.41) is 32.5. The third-order valence-corrected chi connectivity index (χ3v) is 7.92. The number of primary amides is 1. The Morgan fingerprint density at radius 3 is 2.41 bits per heavy atom.